The molecule has 94 valence electrons. The first-order valence-electron chi connectivity index (χ1n) is 5.50. The number of phenols is 2. The smallest absolute Gasteiger partial charge is 0.254 e. The van der Waals surface area contributed by atoms with Gasteiger partial charge in [-0.1, -0.05) is 0 Å². The average Bonchev–Trinajstić information content (AvgIpc) is 2.28. The van der Waals surface area contributed by atoms with Gasteiger partial charge in [0.25, 0.3) is 5.91 Å². The summed E-state index contributed by atoms with van der Waals surface area (Å²) < 4.78 is 0. The van der Waals surface area contributed by atoms with Gasteiger partial charge in [-0.2, -0.15) is 0 Å². The highest BCUT2D eigenvalue weighted by Crippen LogP contribution is 2.25. The van der Waals surface area contributed by atoms with Gasteiger partial charge >= 0.3 is 0 Å². The van der Waals surface area contributed by atoms with Gasteiger partial charge in [0.05, 0.1) is 0 Å². The maximum absolute atomic E-state index is 12.1. The minimum atomic E-state index is -0.299. The largest absolute Gasteiger partial charge is 0.504 e. The summed E-state index contributed by atoms with van der Waals surface area (Å²) in [4.78, 5) is 13.7. The molecule has 0 fully saturated rings. The van der Waals surface area contributed by atoms with Crippen LogP contribution in [0.5, 0.6) is 11.5 Å². The quantitative estimate of drug-likeness (QED) is 0.680. The van der Waals surface area contributed by atoms with Crippen LogP contribution >= 0.6 is 0 Å². The Morgan fingerprint density at radius 1 is 1.35 bits per heavy atom. The third-order valence-corrected chi connectivity index (χ3v) is 2.48. The number of nitrogens with zero attached hydrogens (tertiary/aromatic N) is 1. The first kappa shape index (κ1) is 13.3. The lowest BCUT2D eigenvalue weighted by Crippen LogP contribution is -2.40. The number of phenolic OH excluding ortho intramolecular Hbond substituents is 2. The minimum absolute atomic E-state index is 0.0296. The van der Waals surface area contributed by atoms with Crippen molar-refractivity contribution in [3.8, 4) is 11.5 Å². The maximum atomic E-state index is 12.1. The lowest BCUT2D eigenvalue weighted by Gasteiger charge is -2.26. The van der Waals surface area contributed by atoms with E-state index in [1.165, 1.54) is 18.2 Å². The molecule has 0 bridgehead atoms. The molecular formula is C12H18N2O3. The van der Waals surface area contributed by atoms with E-state index in [9.17, 15) is 15.0 Å². The number of hydrogen-bond acceptors (Lipinski definition) is 4. The van der Waals surface area contributed by atoms with Crippen LogP contribution in [0, 0.1) is 0 Å². The zero-order valence-corrected chi connectivity index (χ0v) is 10.1. The summed E-state index contributed by atoms with van der Waals surface area (Å²) in [5, 5.41) is 18.5. The normalized spacial score (nSPS) is 10.6. The summed E-state index contributed by atoms with van der Waals surface area (Å²) >= 11 is 0. The number of hydrogen-bond donors (Lipinski definition) is 3. The van der Waals surface area contributed by atoms with Crippen LogP contribution in [0.15, 0.2) is 18.2 Å². The second kappa shape index (κ2) is 5.54. The Hall–Kier alpha value is -1.75. The first-order valence-corrected chi connectivity index (χ1v) is 5.50. The molecule has 0 atom stereocenters. The fourth-order valence-corrected chi connectivity index (χ4v) is 1.56. The average molecular weight is 238 g/mol. The number of aromatic hydroxyl groups is 2. The van der Waals surface area contributed by atoms with Crippen molar-refractivity contribution in [1.82, 2.24) is 4.90 Å². The number of rotatable bonds is 4. The first-order chi connectivity index (χ1) is 7.97. The molecule has 0 radical (unpaired) electrons. The molecule has 0 aromatic heterocycles. The third kappa shape index (κ3) is 3.10. The van der Waals surface area contributed by atoms with Gasteiger partial charge in [0.2, 0.25) is 0 Å². The van der Waals surface area contributed by atoms with E-state index in [0.717, 1.165) is 0 Å². The molecule has 0 heterocycles. The van der Waals surface area contributed by atoms with Crippen molar-refractivity contribution >= 4 is 5.91 Å². The van der Waals surface area contributed by atoms with Crippen molar-refractivity contribution < 1.29 is 15.0 Å². The monoisotopic (exact) mass is 238 g/mol. The summed E-state index contributed by atoms with van der Waals surface area (Å²) in [5.74, 6) is -0.746. The SMILES string of the molecule is CC(C)N(CCN)C(=O)c1ccc(O)c(O)c1. The van der Waals surface area contributed by atoms with Crippen molar-refractivity contribution in [3.63, 3.8) is 0 Å². The Morgan fingerprint density at radius 2 is 2.00 bits per heavy atom. The minimum Gasteiger partial charge on any atom is -0.504 e. The summed E-state index contributed by atoms with van der Waals surface area (Å²) in [6.07, 6.45) is 0. The van der Waals surface area contributed by atoms with Crippen molar-refractivity contribution in [2.45, 2.75) is 19.9 Å². The van der Waals surface area contributed by atoms with Gasteiger partial charge in [0, 0.05) is 24.7 Å². The summed E-state index contributed by atoms with van der Waals surface area (Å²) in [6, 6.07) is 4.05. The van der Waals surface area contributed by atoms with Crippen LogP contribution in [-0.2, 0) is 0 Å². The van der Waals surface area contributed by atoms with Gasteiger partial charge < -0.3 is 20.8 Å². The highest BCUT2D eigenvalue weighted by atomic mass is 16.3. The maximum Gasteiger partial charge on any atom is 0.254 e. The summed E-state index contributed by atoms with van der Waals surface area (Å²) in [5.41, 5.74) is 5.79. The Bertz CT molecular complexity index is 405. The van der Waals surface area contributed by atoms with Crippen LogP contribution in [0.4, 0.5) is 0 Å². The Kier molecular flexibility index (Phi) is 4.34. The molecule has 0 saturated heterocycles. The molecular weight excluding hydrogens is 220 g/mol. The lowest BCUT2D eigenvalue weighted by molar-refractivity contribution is 0.0711. The van der Waals surface area contributed by atoms with Crippen LogP contribution in [0.25, 0.3) is 0 Å². The zero-order chi connectivity index (χ0) is 13.0. The molecule has 0 unspecified atom stereocenters. The topological polar surface area (TPSA) is 86.8 Å². The molecule has 0 aliphatic rings. The van der Waals surface area contributed by atoms with E-state index in [1.54, 1.807) is 4.90 Å². The van der Waals surface area contributed by atoms with Gasteiger partial charge in [-0.15, -0.1) is 0 Å². The fraction of sp³-hybridized carbons (Fsp3) is 0.417. The van der Waals surface area contributed by atoms with Crippen molar-refractivity contribution in [3.05, 3.63) is 23.8 Å². The van der Waals surface area contributed by atoms with E-state index in [4.69, 9.17) is 5.73 Å². The molecule has 0 saturated carbocycles. The molecule has 1 rings (SSSR count). The van der Waals surface area contributed by atoms with Crippen LogP contribution in [0.3, 0.4) is 0 Å². The second-order valence-corrected chi connectivity index (χ2v) is 4.08. The molecule has 5 nitrogen and oxygen atoms in total. The zero-order valence-electron chi connectivity index (χ0n) is 10.1. The highest BCUT2D eigenvalue weighted by Gasteiger charge is 2.18. The highest BCUT2D eigenvalue weighted by molar-refractivity contribution is 5.95. The predicted molar refractivity (Wildman–Crippen MR) is 65.0 cm³/mol. The Morgan fingerprint density at radius 3 is 2.47 bits per heavy atom. The van der Waals surface area contributed by atoms with E-state index in [-0.39, 0.29) is 23.4 Å². The molecule has 0 aliphatic heterocycles. The Labute approximate surface area is 100 Å². The van der Waals surface area contributed by atoms with E-state index < -0.39 is 0 Å². The van der Waals surface area contributed by atoms with Crippen molar-refractivity contribution in [2.75, 3.05) is 13.1 Å². The molecule has 5 heteroatoms. The number of benzene rings is 1. The van der Waals surface area contributed by atoms with Gasteiger partial charge in [-0.25, -0.2) is 0 Å². The molecule has 0 aliphatic carbocycles. The molecule has 0 spiro atoms. The lowest BCUT2D eigenvalue weighted by atomic mass is 10.1. The number of amides is 1. The van der Waals surface area contributed by atoms with Crippen LogP contribution in [0.2, 0.25) is 0 Å². The van der Waals surface area contributed by atoms with Crippen molar-refractivity contribution in [2.24, 2.45) is 5.73 Å². The molecule has 17 heavy (non-hydrogen) atoms. The fourth-order valence-electron chi connectivity index (χ4n) is 1.56. The van der Waals surface area contributed by atoms with E-state index in [2.05, 4.69) is 0 Å². The molecule has 1 aromatic rings. The van der Waals surface area contributed by atoms with Crippen LogP contribution < -0.4 is 5.73 Å². The molecule has 4 N–H and O–H groups in total. The number of carbonyl (C=O) groups is 1. The van der Waals surface area contributed by atoms with Crippen LogP contribution in [0.1, 0.15) is 24.2 Å². The van der Waals surface area contributed by atoms with Gasteiger partial charge in [-0.05, 0) is 32.0 Å². The summed E-state index contributed by atoms with van der Waals surface area (Å²) in [7, 11) is 0. The van der Waals surface area contributed by atoms with Crippen molar-refractivity contribution in [1.29, 1.82) is 0 Å². The van der Waals surface area contributed by atoms with E-state index >= 15 is 0 Å². The number of nitrogens with two attached hydrogens (primary N) is 1. The molecule has 1 aromatic carbocycles. The standard InChI is InChI=1S/C12H18N2O3/c1-8(2)14(6-5-13)12(17)9-3-4-10(15)11(16)7-9/h3-4,7-8,15-16H,5-6,13H2,1-2H3. The second-order valence-electron chi connectivity index (χ2n) is 4.08. The third-order valence-electron chi connectivity index (χ3n) is 2.48. The molecule has 1 amide bonds. The van der Waals surface area contributed by atoms with Crippen LogP contribution in [-0.4, -0.2) is 40.2 Å². The Balaban J connectivity index is 2.97. The number of carbonyl (C=O) groups excluding carboxylic acids is 1. The van der Waals surface area contributed by atoms with Gasteiger partial charge in [-0.3, -0.25) is 4.79 Å². The van der Waals surface area contributed by atoms with Gasteiger partial charge in [0.1, 0.15) is 0 Å². The predicted octanol–water partition coefficient (Wildman–Crippen LogP) is 0.907. The summed E-state index contributed by atoms with van der Waals surface area (Å²) in [6.45, 7) is 4.63. The van der Waals surface area contributed by atoms with E-state index in [1.807, 2.05) is 13.8 Å². The van der Waals surface area contributed by atoms with E-state index in [0.29, 0.717) is 18.7 Å². The van der Waals surface area contributed by atoms with Gasteiger partial charge in [0.15, 0.2) is 11.5 Å².